The van der Waals surface area contributed by atoms with Crippen LogP contribution in [0.5, 0.6) is 11.5 Å². The number of hydrogen-bond donors (Lipinski definition) is 2. The van der Waals surface area contributed by atoms with E-state index < -0.39 is 0 Å². The highest BCUT2D eigenvalue weighted by Gasteiger charge is 2.19. The van der Waals surface area contributed by atoms with Crippen LogP contribution < -0.4 is 20.9 Å². The van der Waals surface area contributed by atoms with Gasteiger partial charge < -0.3 is 20.9 Å². The van der Waals surface area contributed by atoms with Crippen LogP contribution in [0, 0.1) is 11.3 Å². The first-order chi connectivity index (χ1) is 9.10. The number of allylic oxidation sites excluding steroid dienone is 3. The summed E-state index contributed by atoms with van der Waals surface area (Å²) in [7, 11) is 2.99. The van der Waals surface area contributed by atoms with E-state index in [-0.39, 0.29) is 5.56 Å². The maximum absolute atomic E-state index is 9.23. The maximum Gasteiger partial charge on any atom is 0.171 e. The van der Waals surface area contributed by atoms with Crippen molar-refractivity contribution in [2.45, 2.75) is 6.92 Å². The molecule has 0 aliphatic rings. The summed E-state index contributed by atoms with van der Waals surface area (Å²) in [5, 5.41) is 9.23. The van der Waals surface area contributed by atoms with E-state index in [4.69, 9.17) is 20.9 Å². The Morgan fingerprint density at radius 3 is 2.53 bits per heavy atom. The first-order valence-electron chi connectivity index (χ1n) is 5.64. The first kappa shape index (κ1) is 14.5. The van der Waals surface area contributed by atoms with Crippen molar-refractivity contribution in [1.82, 2.24) is 0 Å². The summed E-state index contributed by atoms with van der Waals surface area (Å²) >= 11 is 0. The number of methoxy groups -OCH3 is 2. The van der Waals surface area contributed by atoms with Gasteiger partial charge >= 0.3 is 0 Å². The molecule has 0 aromatic heterocycles. The minimum Gasteiger partial charge on any atom is -0.493 e. The molecule has 0 saturated heterocycles. The maximum atomic E-state index is 9.23. The standard InChI is InChI=1S/C14H17N3O2/c1-4-5-6-10(16)13-9(8-15)11(17)7-12(18-2)14(13)19-3/h4-7H,16-17H2,1-3H3/b5-4-,10-6-. The Labute approximate surface area is 112 Å². The van der Waals surface area contributed by atoms with Gasteiger partial charge in [0.1, 0.15) is 6.07 Å². The summed E-state index contributed by atoms with van der Waals surface area (Å²) in [6.07, 6.45) is 5.28. The molecule has 1 aromatic carbocycles. The van der Waals surface area contributed by atoms with Gasteiger partial charge in [0.05, 0.1) is 31.0 Å². The molecule has 0 aliphatic carbocycles. The minimum atomic E-state index is 0.274. The Bertz CT molecular complexity index is 569. The lowest BCUT2D eigenvalue weighted by atomic mass is 10.0. The molecule has 100 valence electrons. The third-order valence-corrected chi connectivity index (χ3v) is 2.57. The molecule has 0 radical (unpaired) electrons. The average Bonchev–Trinajstić information content (AvgIpc) is 2.43. The SMILES string of the molecule is C/C=C\C=C(/N)c1c(C#N)c(N)cc(OC)c1OC. The van der Waals surface area contributed by atoms with Crippen molar-refractivity contribution in [3.63, 3.8) is 0 Å². The fraction of sp³-hybridized carbons (Fsp3) is 0.214. The van der Waals surface area contributed by atoms with Gasteiger partial charge in [-0.25, -0.2) is 0 Å². The lowest BCUT2D eigenvalue weighted by molar-refractivity contribution is 0.354. The lowest BCUT2D eigenvalue weighted by Gasteiger charge is -2.16. The van der Waals surface area contributed by atoms with Crippen LogP contribution in [0.15, 0.2) is 24.3 Å². The molecule has 4 N–H and O–H groups in total. The van der Waals surface area contributed by atoms with Crippen LogP contribution in [0.4, 0.5) is 5.69 Å². The number of ether oxygens (including phenoxy) is 2. The van der Waals surface area contributed by atoms with Crippen LogP contribution in [0.3, 0.4) is 0 Å². The van der Waals surface area contributed by atoms with E-state index in [1.165, 1.54) is 14.2 Å². The number of nitrogens with two attached hydrogens (primary N) is 2. The number of nitrogen functional groups attached to an aromatic ring is 1. The molecule has 1 aromatic rings. The molecule has 5 nitrogen and oxygen atoms in total. The molecule has 0 atom stereocenters. The van der Waals surface area contributed by atoms with Crippen molar-refractivity contribution >= 4 is 11.4 Å². The molecule has 1 rings (SSSR count). The first-order valence-corrected chi connectivity index (χ1v) is 5.64. The third kappa shape index (κ3) is 2.80. The number of hydrogen-bond acceptors (Lipinski definition) is 5. The smallest absolute Gasteiger partial charge is 0.171 e. The van der Waals surface area contributed by atoms with Crippen molar-refractivity contribution in [3.05, 3.63) is 35.4 Å². The van der Waals surface area contributed by atoms with Crippen molar-refractivity contribution in [3.8, 4) is 17.6 Å². The number of anilines is 1. The molecule has 0 saturated carbocycles. The lowest BCUT2D eigenvalue weighted by Crippen LogP contribution is -2.06. The second-order valence-electron chi connectivity index (χ2n) is 3.71. The molecule has 0 unspecified atom stereocenters. The second-order valence-corrected chi connectivity index (χ2v) is 3.71. The largest absolute Gasteiger partial charge is 0.493 e. The highest BCUT2D eigenvalue weighted by atomic mass is 16.5. The van der Waals surface area contributed by atoms with Gasteiger partial charge in [0, 0.05) is 11.8 Å². The Balaban J connectivity index is 3.66. The number of benzene rings is 1. The summed E-state index contributed by atoms with van der Waals surface area (Å²) < 4.78 is 10.5. The van der Waals surface area contributed by atoms with Gasteiger partial charge in [0.25, 0.3) is 0 Å². The van der Waals surface area contributed by atoms with Crippen molar-refractivity contribution in [1.29, 1.82) is 5.26 Å². The van der Waals surface area contributed by atoms with Crippen LogP contribution in [-0.2, 0) is 0 Å². The van der Waals surface area contributed by atoms with Gasteiger partial charge in [-0.2, -0.15) is 5.26 Å². The van der Waals surface area contributed by atoms with Gasteiger partial charge in [-0.15, -0.1) is 0 Å². The van der Waals surface area contributed by atoms with E-state index >= 15 is 0 Å². The monoisotopic (exact) mass is 259 g/mol. The molecule has 0 amide bonds. The molecule has 0 aliphatic heterocycles. The summed E-state index contributed by atoms with van der Waals surface area (Å²) in [5.41, 5.74) is 13.2. The van der Waals surface area contributed by atoms with Crippen LogP contribution in [0.1, 0.15) is 18.1 Å². The van der Waals surface area contributed by atoms with E-state index in [9.17, 15) is 5.26 Å². The van der Waals surface area contributed by atoms with Crippen LogP contribution in [-0.4, -0.2) is 14.2 Å². The Morgan fingerprint density at radius 1 is 1.37 bits per heavy atom. The molecule has 5 heteroatoms. The summed E-state index contributed by atoms with van der Waals surface area (Å²) in [4.78, 5) is 0. The summed E-state index contributed by atoms with van der Waals surface area (Å²) in [6, 6.07) is 3.59. The van der Waals surface area contributed by atoms with Gasteiger partial charge in [0.2, 0.25) is 0 Å². The number of nitriles is 1. The molecule has 0 bridgehead atoms. The normalized spacial score (nSPS) is 11.4. The summed E-state index contributed by atoms with van der Waals surface area (Å²) in [5.74, 6) is 0.831. The number of nitrogens with zero attached hydrogens (tertiary/aromatic N) is 1. The van der Waals surface area contributed by atoms with Gasteiger partial charge in [-0.05, 0) is 13.0 Å². The Hall–Kier alpha value is -2.61. The van der Waals surface area contributed by atoms with Crippen molar-refractivity contribution in [2.75, 3.05) is 20.0 Å². The highest BCUT2D eigenvalue weighted by molar-refractivity contribution is 5.82. The second kappa shape index (κ2) is 6.36. The van der Waals surface area contributed by atoms with Crippen LogP contribution in [0.2, 0.25) is 0 Å². The quantitative estimate of drug-likeness (QED) is 0.637. The highest BCUT2D eigenvalue weighted by Crippen LogP contribution is 2.39. The fourth-order valence-corrected chi connectivity index (χ4v) is 1.69. The predicted molar refractivity (Wildman–Crippen MR) is 75.7 cm³/mol. The molecule has 0 heterocycles. The third-order valence-electron chi connectivity index (χ3n) is 2.57. The zero-order valence-corrected chi connectivity index (χ0v) is 11.2. The minimum absolute atomic E-state index is 0.274. The fourth-order valence-electron chi connectivity index (χ4n) is 1.69. The van der Waals surface area contributed by atoms with Crippen LogP contribution in [0.25, 0.3) is 5.70 Å². The zero-order chi connectivity index (χ0) is 14.4. The molecule has 0 spiro atoms. The molecular weight excluding hydrogens is 242 g/mol. The van der Waals surface area contributed by atoms with E-state index in [1.807, 2.05) is 19.1 Å². The van der Waals surface area contributed by atoms with E-state index in [1.54, 1.807) is 18.2 Å². The Morgan fingerprint density at radius 2 is 2.05 bits per heavy atom. The molecular formula is C14H17N3O2. The van der Waals surface area contributed by atoms with Crippen LogP contribution >= 0.6 is 0 Å². The Kier molecular flexibility index (Phi) is 4.84. The van der Waals surface area contributed by atoms with E-state index in [2.05, 4.69) is 0 Å². The van der Waals surface area contributed by atoms with E-state index in [0.29, 0.717) is 28.4 Å². The van der Waals surface area contributed by atoms with Crippen molar-refractivity contribution < 1.29 is 9.47 Å². The van der Waals surface area contributed by atoms with Gasteiger partial charge in [0.15, 0.2) is 11.5 Å². The zero-order valence-electron chi connectivity index (χ0n) is 11.2. The van der Waals surface area contributed by atoms with Gasteiger partial charge in [-0.3, -0.25) is 0 Å². The summed E-state index contributed by atoms with van der Waals surface area (Å²) in [6.45, 7) is 1.87. The molecule has 0 fully saturated rings. The van der Waals surface area contributed by atoms with E-state index in [0.717, 1.165) is 0 Å². The van der Waals surface area contributed by atoms with Crippen molar-refractivity contribution in [2.24, 2.45) is 5.73 Å². The number of rotatable bonds is 4. The predicted octanol–water partition coefficient (Wildman–Crippen LogP) is 2.03. The topological polar surface area (TPSA) is 94.3 Å². The molecule has 19 heavy (non-hydrogen) atoms. The average molecular weight is 259 g/mol. The van der Waals surface area contributed by atoms with Gasteiger partial charge in [-0.1, -0.05) is 12.2 Å².